The number of methoxy groups -OCH3 is 1. The van der Waals surface area contributed by atoms with E-state index in [1.807, 2.05) is 59.3 Å². The van der Waals surface area contributed by atoms with Crippen LogP contribution in [0.4, 0.5) is 0 Å². The van der Waals surface area contributed by atoms with E-state index in [1.165, 1.54) is 0 Å². The molecule has 2 amide bonds. The van der Waals surface area contributed by atoms with Gasteiger partial charge in [0.15, 0.2) is 0 Å². The Labute approximate surface area is 177 Å². The standard InChI is InChI=1S/C22H22N2O3S2/c1-27-11-10-24-20(18-9-5-13-29-18)19(16-7-2-3-8-17(16)22(24)26)21(25)23-14-15-6-4-12-28-15/h2-9,12-13,19-20H,10-11,14H2,1H3,(H,23,25). The van der Waals surface area contributed by atoms with Crippen LogP contribution in [0.2, 0.25) is 0 Å². The molecule has 1 aliphatic heterocycles. The zero-order valence-corrected chi connectivity index (χ0v) is 17.7. The minimum atomic E-state index is -0.473. The summed E-state index contributed by atoms with van der Waals surface area (Å²) in [4.78, 5) is 30.6. The molecule has 2 unspecified atom stereocenters. The van der Waals surface area contributed by atoms with Gasteiger partial charge in [-0.2, -0.15) is 0 Å². The van der Waals surface area contributed by atoms with E-state index < -0.39 is 5.92 Å². The molecule has 3 heterocycles. The Morgan fingerprint density at radius 1 is 1.10 bits per heavy atom. The maximum atomic E-state index is 13.4. The lowest BCUT2D eigenvalue weighted by Gasteiger charge is -2.41. The first-order chi connectivity index (χ1) is 14.2. The van der Waals surface area contributed by atoms with Gasteiger partial charge in [-0.25, -0.2) is 0 Å². The van der Waals surface area contributed by atoms with Crippen molar-refractivity contribution < 1.29 is 14.3 Å². The average Bonchev–Trinajstić information content (AvgIpc) is 3.45. The Kier molecular flexibility index (Phi) is 6.08. The van der Waals surface area contributed by atoms with Crippen molar-refractivity contribution in [1.82, 2.24) is 10.2 Å². The molecule has 5 nitrogen and oxygen atoms in total. The van der Waals surface area contributed by atoms with Gasteiger partial charge in [0.25, 0.3) is 5.91 Å². The second-order valence-corrected chi connectivity index (χ2v) is 8.83. The number of nitrogens with zero attached hydrogens (tertiary/aromatic N) is 1. The van der Waals surface area contributed by atoms with E-state index >= 15 is 0 Å². The van der Waals surface area contributed by atoms with E-state index in [1.54, 1.807) is 34.7 Å². The molecule has 1 aromatic carbocycles. The maximum Gasteiger partial charge on any atom is 0.254 e. The molecule has 0 fully saturated rings. The van der Waals surface area contributed by atoms with Crippen molar-refractivity contribution in [1.29, 1.82) is 0 Å². The van der Waals surface area contributed by atoms with Crippen LogP contribution in [0, 0.1) is 0 Å². The van der Waals surface area contributed by atoms with Crippen molar-refractivity contribution in [3.05, 3.63) is 80.2 Å². The molecule has 2 atom stereocenters. The predicted octanol–water partition coefficient (Wildman–Crippen LogP) is 4.05. The van der Waals surface area contributed by atoms with Crippen molar-refractivity contribution >= 4 is 34.5 Å². The number of carbonyl (C=O) groups is 2. The van der Waals surface area contributed by atoms with Gasteiger partial charge < -0.3 is 15.0 Å². The first kappa shape index (κ1) is 19.8. The Balaban J connectivity index is 1.74. The van der Waals surface area contributed by atoms with Crippen molar-refractivity contribution in [3.8, 4) is 0 Å². The fourth-order valence-corrected chi connectivity index (χ4v) is 5.30. The highest BCUT2D eigenvalue weighted by Gasteiger charge is 2.44. The van der Waals surface area contributed by atoms with Gasteiger partial charge in [-0.3, -0.25) is 9.59 Å². The quantitative estimate of drug-likeness (QED) is 0.620. The molecule has 0 aliphatic carbocycles. The summed E-state index contributed by atoms with van der Waals surface area (Å²) in [6.07, 6.45) is 0. The number of nitrogens with one attached hydrogen (secondary N) is 1. The molecule has 150 valence electrons. The highest BCUT2D eigenvalue weighted by Crippen LogP contribution is 2.44. The molecular weight excluding hydrogens is 404 g/mol. The number of rotatable bonds is 7. The van der Waals surface area contributed by atoms with Gasteiger partial charge in [0.2, 0.25) is 5.91 Å². The molecule has 1 aliphatic rings. The Bertz CT molecular complexity index is 970. The Hall–Kier alpha value is -2.48. The summed E-state index contributed by atoms with van der Waals surface area (Å²) in [6.45, 7) is 1.33. The molecule has 1 N–H and O–H groups in total. The summed E-state index contributed by atoms with van der Waals surface area (Å²) in [5.41, 5.74) is 1.38. The monoisotopic (exact) mass is 426 g/mol. The lowest BCUT2D eigenvalue weighted by atomic mass is 9.81. The summed E-state index contributed by atoms with van der Waals surface area (Å²) in [5.74, 6) is -0.600. The molecule has 0 saturated carbocycles. The molecule has 0 spiro atoms. The molecule has 0 radical (unpaired) electrons. The molecule has 7 heteroatoms. The summed E-state index contributed by atoms with van der Waals surface area (Å²) < 4.78 is 5.25. The van der Waals surface area contributed by atoms with Gasteiger partial charge in [0.1, 0.15) is 0 Å². The fraction of sp³-hybridized carbons (Fsp3) is 0.273. The first-order valence-corrected chi connectivity index (χ1v) is 11.2. The van der Waals surface area contributed by atoms with Gasteiger partial charge in [0, 0.05) is 29.0 Å². The number of fused-ring (bicyclic) bond motifs is 1. The van der Waals surface area contributed by atoms with Gasteiger partial charge >= 0.3 is 0 Å². The predicted molar refractivity (Wildman–Crippen MR) is 115 cm³/mol. The number of benzene rings is 1. The summed E-state index contributed by atoms with van der Waals surface area (Å²) in [7, 11) is 1.62. The minimum absolute atomic E-state index is 0.0571. The van der Waals surface area contributed by atoms with Gasteiger partial charge in [-0.05, 0) is 34.5 Å². The van der Waals surface area contributed by atoms with E-state index in [4.69, 9.17) is 4.74 Å². The van der Waals surface area contributed by atoms with Crippen molar-refractivity contribution in [2.45, 2.75) is 18.5 Å². The van der Waals surface area contributed by atoms with Gasteiger partial charge in [0.05, 0.1) is 25.1 Å². The van der Waals surface area contributed by atoms with Crippen LogP contribution in [-0.4, -0.2) is 37.0 Å². The number of amides is 2. The van der Waals surface area contributed by atoms with Crippen LogP contribution in [-0.2, 0) is 16.1 Å². The van der Waals surface area contributed by atoms with Gasteiger partial charge in [-0.15, -0.1) is 22.7 Å². The molecule has 0 saturated heterocycles. The third-order valence-corrected chi connectivity index (χ3v) is 6.93. The number of carbonyl (C=O) groups excluding carboxylic acids is 2. The lowest BCUT2D eigenvalue weighted by molar-refractivity contribution is -0.124. The topological polar surface area (TPSA) is 58.6 Å². The number of hydrogen-bond acceptors (Lipinski definition) is 5. The molecular formula is C22H22N2O3S2. The Morgan fingerprint density at radius 3 is 2.62 bits per heavy atom. The lowest BCUT2D eigenvalue weighted by Crippen LogP contribution is -2.48. The molecule has 0 bridgehead atoms. The zero-order chi connectivity index (χ0) is 20.2. The van der Waals surface area contributed by atoms with Crippen LogP contribution in [0.25, 0.3) is 0 Å². The second-order valence-electron chi connectivity index (χ2n) is 6.81. The SMILES string of the molecule is COCCN1C(=O)c2ccccc2C(C(=O)NCc2cccs2)C1c1cccs1. The van der Waals surface area contributed by atoms with E-state index in [0.29, 0.717) is 25.3 Å². The number of thiophene rings is 2. The van der Waals surface area contributed by atoms with Crippen molar-refractivity contribution in [3.63, 3.8) is 0 Å². The summed E-state index contributed by atoms with van der Waals surface area (Å²) >= 11 is 3.18. The largest absolute Gasteiger partial charge is 0.383 e. The molecule has 2 aromatic heterocycles. The number of hydrogen-bond donors (Lipinski definition) is 1. The van der Waals surface area contributed by atoms with Crippen molar-refractivity contribution in [2.75, 3.05) is 20.3 Å². The maximum absolute atomic E-state index is 13.4. The first-order valence-electron chi connectivity index (χ1n) is 9.43. The second kappa shape index (κ2) is 8.90. The van der Waals surface area contributed by atoms with Gasteiger partial charge in [-0.1, -0.05) is 30.3 Å². The molecule has 4 rings (SSSR count). The molecule has 29 heavy (non-hydrogen) atoms. The van der Waals surface area contributed by atoms with Crippen LogP contribution in [0.3, 0.4) is 0 Å². The molecule has 3 aromatic rings. The van der Waals surface area contributed by atoms with E-state index in [2.05, 4.69) is 5.32 Å². The van der Waals surface area contributed by atoms with Crippen LogP contribution < -0.4 is 5.32 Å². The smallest absolute Gasteiger partial charge is 0.254 e. The Morgan fingerprint density at radius 2 is 1.90 bits per heavy atom. The van der Waals surface area contributed by atoms with Crippen LogP contribution in [0.5, 0.6) is 0 Å². The van der Waals surface area contributed by atoms with Crippen LogP contribution in [0.15, 0.2) is 59.3 Å². The van der Waals surface area contributed by atoms with E-state index in [-0.39, 0.29) is 17.9 Å². The normalized spacial score (nSPS) is 18.5. The van der Waals surface area contributed by atoms with Crippen LogP contribution in [0.1, 0.15) is 37.6 Å². The van der Waals surface area contributed by atoms with E-state index in [9.17, 15) is 9.59 Å². The van der Waals surface area contributed by atoms with E-state index in [0.717, 1.165) is 15.3 Å². The highest BCUT2D eigenvalue weighted by atomic mass is 32.1. The average molecular weight is 427 g/mol. The third kappa shape index (κ3) is 3.99. The highest BCUT2D eigenvalue weighted by molar-refractivity contribution is 7.10. The van der Waals surface area contributed by atoms with Crippen LogP contribution >= 0.6 is 22.7 Å². The summed E-state index contributed by atoms with van der Waals surface area (Å²) in [5, 5.41) is 7.06. The number of ether oxygens (including phenoxy) is 1. The zero-order valence-electron chi connectivity index (χ0n) is 16.0. The third-order valence-electron chi connectivity index (χ3n) is 5.11. The van der Waals surface area contributed by atoms with Crippen molar-refractivity contribution in [2.24, 2.45) is 0 Å². The summed E-state index contributed by atoms with van der Waals surface area (Å²) in [6, 6.07) is 15.0. The minimum Gasteiger partial charge on any atom is -0.383 e. The fourth-order valence-electron chi connectivity index (χ4n) is 3.78.